The first-order valence-corrected chi connectivity index (χ1v) is 10.9. The molecule has 3 aromatic rings. The Bertz CT molecular complexity index is 1220. The number of carbonyl (C=O) groups is 2. The summed E-state index contributed by atoms with van der Waals surface area (Å²) in [4.78, 5) is 29.0. The lowest BCUT2D eigenvalue weighted by molar-refractivity contribution is 0.192. The van der Waals surface area contributed by atoms with E-state index in [0.717, 1.165) is 12.0 Å². The smallest absolute Gasteiger partial charge is 0.320 e. The highest BCUT2D eigenvalue weighted by atomic mass is 35.5. The highest BCUT2D eigenvalue weighted by Crippen LogP contribution is 2.25. The van der Waals surface area contributed by atoms with Gasteiger partial charge in [0, 0.05) is 41.7 Å². The Morgan fingerprint density at radius 2 is 1.70 bits per heavy atom. The van der Waals surface area contributed by atoms with Crippen LogP contribution in [-0.4, -0.2) is 30.1 Å². The summed E-state index contributed by atoms with van der Waals surface area (Å²) in [6.07, 6.45) is 0.799. The van der Waals surface area contributed by atoms with Crippen LogP contribution in [0, 0.1) is 11.3 Å². The van der Waals surface area contributed by atoms with Crippen LogP contribution >= 0.6 is 11.6 Å². The molecule has 1 aliphatic rings. The number of urea groups is 2. The summed E-state index contributed by atoms with van der Waals surface area (Å²) in [5.74, 6) is 0. The van der Waals surface area contributed by atoms with Gasteiger partial charge in [0.05, 0.1) is 11.6 Å². The summed E-state index contributed by atoms with van der Waals surface area (Å²) in [6, 6.07) is 23.0. The number of hydrogen-bond donors (Lipinski definition) is 2. The first kappa shape index (κ1) is 22.2. The number of nitrogens with one attached hydrogen (secondary N) is 2. The summed E-state index contributed by atoms with van der Waals surface area (Å²) in [7, 11) is 0. The standard InChI is InChI=1S/C25H22ClN5O2/c26-20-8-3-9-21(14-20)28-24(32)29-22-10-4-11-23(15-22)31-13-5-12-30(25(31)33)17-19-7-2-1-6-18(19)16-27/h1-4,6-11,14-15H,5,12-13,17H2,(H2,28,29,32). The third-order valence-electron chi connectivity index (χ3n) is 5.31. The van der Waals surface area contributed by atoms with Crippen LogP contribution < -0.4 is 15.5 Å². The molecule has 0 aliphatic carbocycles. The molecule has 1 fully saturated rings. The fourth-order valence-electron chi connectivity index (χ4n) is 3.75. The Hall–Kier alpha value is -4.02. The van der Waals surface area contributed by atoms with Gasteiger partial charge in [0.15, 0.2) is 0 Å². The van der Waals surface area contributed by atoms with Crippen molar-refractivity contribution in [2.45, 2.75) is 13.0 Å². The zero-order valence-electron chi connectivity index (χ0n) is 17.8. The van der Waals surface area contributed by atoms with Crippen LogP contribution in [0.15, 0.2) is 72.8 Å². The van der Waals surface area contributed by atoms with E-state index in [1.807, 2.05) is 24.3 Å². The van der Waals surface area contributed by atoms with Crippen molar-refractivity contribution in [2.75, 3.05) is 28.6 Å². The van der Waals surface area contributed by atoms with Gasteiger partial charge in [-0.05, 0) is 54.4 Å². The summed E-state index contributed by atoms with van der Waals surface area (Å²) in [6.45, 7) is 1.57. The largest absolute Gasteiger partial charge is 0.324 e. The third-order valence-corrected chi connectivity index (χ3v) is 5.54. The van der Waals surface area contributed by atoms with Gasteiger partial charge >= 0.3 is 12.1 Å². The first-order valence-electron chi connectivity index (χ1n) is 10.5. The van der Waals surface area contributed by atoms with Gasteiger partial charge in [-0.25, -0.2) is 9.59 Å². The fourth-order valence-corrected chi connectivity index (χ4v) is 3.94. The molecule has 7 nitrogen and oxygen atoms in total. The molecule has 1 aliphatic heterocycles. The normalized spacial score (nSPS) is 13.4. The second kappa shape index (κ2) is 10.1. The van der Waals surface area contributed by atoms with Crippen LogP contribution in [0.25, 0.3) is 0 Å². The minimum Gasteiger partial charge on any atom is -0.320 e. The van der Waals surface area contributed by atoms with Crippen LogP contribution in [0.2, 0.25) is 5.02 Å². The number of carbonyl (C=O) groups excluding carboxylic acids is 2. The molecule has 4 rings (SSSR count). The van der Waals surface area contributed by atoms with Gasteiger partial charge in [0.25, 0.3) is 0 Å². The number of benzene rings is 3. The molecular weight excluding hydrogens is 438 g/mol. The molecule has 3 aromatic carbocycles. The van der Waals surface area contributed by atoms with E-state index in [9.17, 15) is 14.9 Å². The second-order valence-corrected chi connectivity index (χ2v) is 8.05. The monoisotopic (exact) mass is 459 g/mol. The van der Waals surface area contributed by atoms with Crippen LogP contribution in [0.5, 0.6) is 0 Å². The molecule has 0 saturated carbocycles. The van der Waals surface area contributed by atoms with Gasteiger partial charge in [-0.2, -0.15) is 5.26 Å². The second-order valence-electron chi connectivity index (χ2n) is 7.62. The van der Waals surface area contributed by atoms with Crippen molar-refractivity contribution in [2.24, 2.45) is 0 Å². The molecule has 0 spiro atoms. The predicted octanol–water partition coefficient (Wildman–Crippen LogP) is 5.69. The molecule has 0 aromatic heterocycles. The van der Waals surface area contributed by atoms with Crippen molar-refractivity contribution in [3.63, 3.8) is 0 Å². The first-order chi connectivity index (χ1) is 16.0. The molecular formula is C25H22ClN5O2. The number of nitrogens with zero attached hydrogens (tertiary/aromatic N) is 3. The SMILES string of the molecule is N#Cc1ccccc1CN1CCCN(c2cccc(NC(=O)Nc3cccc(Cl)c3)c2)C1=O. The number of amides is 4. The molecule has 4 amide bonds. The molecule has 0 bridgehead atoms. The van der Waals surface area contributed by atoms with Crippen molar-refractivity contribution >= 4 is 40.7 Å². The van der Waals surface area contributed by atoms with Gasteiger partial charge in [-0.3, -0.25) is 4.90 Å². The number of nitriles is 1. The van der Waals surface area contributed by atoms with Gasteiger partial charge in [0.1, 0.15) is 0 Å². The third kappa shape index (κ3) is 5.43. The maximum absolute atomic E-state index is 13.2. The zero-order chi connectivity index (χ0) is 23.2. The van der Waals surface area contributed by atoms with E-state index in [1.165, 1.54) is 0 Å². The Labute approximate surface area is 197 Å². The maximum atomic E-state index is 13.2. The molecule has 8 heteroatoms. The van der Waals surface area contributed by atoms with Crippen molar-refractivity contribution in [3.8, 4) is 6.07 Å². The zero-order valence-corrected chi connectivity index (χ0v) is 18.5. The van der Waals surface area contributed by atoms with E-state index in [2.05, 4.69) is 16.7 Å². The van der Waals surface area contributed by atoms with Crippen molar-refractivity contribution in [1.29, 1.82) is 5.26 Å². The van der Waals surface area contributed by atoms with E-state index in [4.69, 9.17) is 11.6 Å². The molecule has 0 unspecified atom stereocenters. The Balaban J connectivity index is 1.45. The number of halogens is 1. The molecule has 0 radical (unpaired) electrons. The maximum Gasteiger partial charge on any atom is 0.324 e. The molecule has 1 saturated heterocycles. The van der Waals surface area contributed by atoms with Crippen molar-refractivity contribution in [3.05, 3.63) is 88.9 Å². The Kier molecular flexibility index (Phi) is 6.77. The van der Waals surface area contributed by atoms with Crippen LogP contribution in [0.4, 0.5) is 26.7 Å². The lowest BCUT2D eigenvalue weighted by Crippen LogP contribution is -2.49. The van der Waals surface area contributed by atoms with Crippen LogP contribution in [-0.2, 0) is 6.54 Å². The molecule has 166 valence electrons. The lowest BCUT2D eigenvalue weighted by Gasteiger charge is -2.36. The van der Waals surface area contributed by atoms with Crippen LogP contribution in [0.3, 0.4) is 0 Å². The van der Waals surface area contributed by atoms with Crippen molar-refractivity contribution < 1.29 is 9.59 Å². The fraction of sp³-hybridized carbons (Fsp3) is 0.160. The highest BCUT2D eigenvalue weighted by Gasteiger charge is 2.27. The minimum atomic E-state index is -0.408. The minimum absolute atomic E-state index is 0.130. The molecule has 1 heterocycles. The van der Waals surface area contributed by atoms with E-state index < -0.39 is 6.03 Å². The van der Waals surface area contributed by atoms with E-state index >= 15 is 0 Å². The Morgan fingerprint density at radius 1 is 0.970 bits per heavy atom. The average Bonchev–Trinajstić information content (AvgIpc) is 2.81. The molecule has 2 N–H and O–H groups in total. The van der Waals surface area contributed by atoms with Gasteiger partial charge in [0.2, 0.25) is 0 Å². The number of anilines is 3. The topological polar surface area (TPSA) is 88.5 Å². The van der Waals surface area contributed by atoms with Gasteiger partial charge in [-0.15, -0.1) is 0 Å². The van der Waals surface area contributed by atoms with E-state index in [0.29, 0.717) is 47.3 Å². The summed E-state index contributed by atoms with van der Waals surface area (Å²) < 4.78 is 0. The van der Waals surface area contributed by atoms with E-state index in [1.54, 1.807) is 58.3 Å². The highest BCUT2D eigenvalue weighted by molar-refractivity contribution is 6.30. The summed E-state index contributed by atoms with van der Waals surface area (Å²) in [5, 5.41) is 15.4. The van der Waals surface area contributed by atoms with Crippen molar-refractivity contribution in [1.82, 2.24) is 4.90 Å². The number of hydrogen-bond acceptors (Lipinski definition) is 3. The van der Waals surface area contributed by atoms with E-state index in [-0.39, 0.29) is 6.03 Å². The molecule has 0 atom stereocenters. The van der Waals surface area contributed by atoms with Gasteiger partial charge < -0.3 is 15.5 Å². The lowest BCUT2D eigenvalue weighted by atomic mass is 10.1. The van der Waals surface area contributed by atoms with Gasteiger partial charge in [-0.1, -0.05) is 41.9 Å². The molecule has 33 heavy (non-hydrogen) atoms. The summed E-state index contributed by atoms with van der Waals surface area (Å²) in [5.41, 5.74) is 3.23. The Morgan fingerprint density at radius 3 is 2.45 bits per heavy atom. The quantitative estimate of drug-likeness (QED) is 0.513. The number of rotatable bonds is 5. The average molecular weight is 460 g/mol. The van der Waals surface area contributed by atoms with Crippen LogP contribution in [0.1, 0.15) is 17.5 Å². The summed E-state index contributed by atoms with van der Waals surface area (Å²) >= 11 is 5.96. The predicted molar refractivity (Wildman–Crippen MR) is 129 cm³/mol.